The summed E-state index contributed by atoms with van der Waals surface area (Å²) in [6.45, 7) is 3.40. The van der Waals surface area contributed by atoms with Crippen LogP contribution in [0.1, 0.15) is 49.0 Å². The zero-order chi connectivity index (χ0) is 20.1. The van der Waals surface area contributed by atoms with Gasteiger partial charge in [0.25, 0.3) is 0 Å². The Morgan fingerprint density at radius 2 is 1.93 bits per heavy atom. The number of hydrogen-bond acceptors (Lipinski definition) is 4. The molecule has 3 rings (SSSR count). The highest BCUT2D eigenvalue weighted by atomic mass is 32.2. The summed E-state index contributed by atoms with van der Waals surface area (Å²) in [4.78, 5) is 12.9. The summed E-state index contributed by atoms with van der Waals surface area (Å²) < 4.78 is 33.3. The van der Waals surface area contributed by atoms with Crippen molar-refractivity contribution in [2.24, 2.45) is 0 Å². The van der Waals surface area contributed by atoms with Gasteiger partial charge in [-0.3, -0.25) is 4.79 Å². The van der Waals surface area contributed by atoms with Gasteiger partial charge in [-0.25, -0.2) is 8.42 Å². The van der Waals surface area contributed by atoms with E-state index in [-0.39, 0.29) is 29.9 Å². The Labute approximate surface area is 167 Å². The maximum Gasteiger partial charge on any atom is 0.244 e. The average molecular weight is 405 g/mol. The molecule has 0 atom stereocenters. The maximum atomic E-state index is 13.4. The first-order valence-electron chi connectivity index (χ1n) is 9.75. The fraction of sp³-hybridized carbons (Fsp3) is 0.476. The van der Waals surface area contributed by atoms with Gasteiger partial charge in [0.05, 0.1) is 24.2 Å². The third-order valence-electron chi connectivity index (χ3n) is 5.16. The first kappa shape index (κ1) is 20.6. The second-order valence-corrected chi connectivity index (χ2v) is 9.43. The quantitative estimate of drug-likeness (QED) is 0.765. The first-order valence-corrected chi connectivity index (χ1v) is 11.2. The van der Waals surface area contributed by atoms with Crippen LogP contribution in [-0.2, 0) is 21.4 Å². The fourth-order valence-electron chi connectivity index (χ4n) is 3.61. The van der Waals surface area contributed by atoms with Crippen LogP contribution >= 0.6 is 0 Å². The van der Waals surface area contributed by atoms with Crippen LogP contribution in [0, 0.1) is 13.8 Å². The second-order valence-electron chi connectivity index (χ2n) is 7.52. The van der Waals surface area contributed by atoms with Gasteiger partial charge in [-0.05, 0) is 56.0 Å². The Balaban J connectivity index is 1.83. The first-order chi connectivity index (χ1) is 13.4. The number of nitrogens with one attached hydrogen (secondary N) is 1. The molecule has 1 N–H and O–H groups in total. The molecule has 152 valence electrons. The van der Waals surface area contributed by atoms with E-state index in [2.05, 4.69) is 5.32 Å². The van der Waals surface area contributed by atoms with Gasteiger partial charge in [-0.2, -0.15) is 4.31 Å². The molecule has 6 nitrogen and oxygen atoms in total. The van der Waals surface area contributed by atoms with E-state index in [1.54, 1.807) is 31.2 Å². The molecule has 7 heteroatoms. The van der Waals surface area contributed by atoms with E-state index < -0.39 is 10.0 Å². The summed E-state index contributed by atoms with van der Waals surface area (Å²) in [5.74, 6) is 0.228. The van der Waals surface area contributed by atoms with Crippen molar-refractivity contribution >= 4 is 15.9 Å². The van der Waals surface area contributed by atoms with Crippen molar-refractivity contribution in [2.45, 2.75) is 63.4 Å². The van der Waals surface area contributed by atoms with Crippen molar-refractivity contribution < 1.29 is 17.6 Å². The largest absolute Gasteiger partial charge is 0.468 e. The van der Waals surface area contributed by atoms with Crippen molar-refractivity contribution in [3.05, 3.63) is 53.5 Å². The second kappa shape index (κ2) is 8.92. The molecule has 1 aromatic carbocycles. The van der Waals surface area contributed by atoms with Crippen LogP contribution in [0.3, 0.4) is 0 Å². The zero-order valence-corrected chi connectivity index (χ0v) is 17.3. The fourth-order valence-corrected chi connectivity index (χ4v) is 5.28. The Kier molecular flexibility index (Phi) is 6.57. The number of furan rings is 1. The van der Waals surface area contributed by atoms with Crippen LogP contribution in [0.4, 0.5) is 0 Å². The monoisotopic (exact) mass is 404 g/mol. The lowest BCUT2D eigenvalue weighted by atomic mass is 9.95. The Morgan fingerprint density at radius 1 is 1.18 bits per heavy atom. The van der Waals surface area contributed by atoms with Gasteiger partial charge in [0.2, 0.25) is 15.9 Å². The molecule has 2 aromatic rings. The topological polar surface area (TPSA) is 79.6 Å². The zero-order valence-electron chi connectivity index (χ0n) is 16.5. The molecule has 1 fully saturated rings. The highest BCUT2D eigenvalue weighted by molar-refractivity contribution is 7.89. The van der Waals surface area contributed by atoms with Crippen LogP contribution in [0.2, 0.25) is 0 Å². The van der Waals surface area contributed by atoms with Gasteiger partial charge in [0.15, 0.2) is 0 Å². The average Bonchev–Trinajstić information content (AvgIpc) is 3.17. The summed E-state index contributed by atoms with van der Waals surface area (Å²) in [7, 11) is -3.85. The molecule has 1 aliphatic carbocycles. The van der Waals surface area contributed by atoms with Crippen molar-refractivity contribution in [1.82, 2.24) is 9.62 Å². The SMILES string of the molecule is Cc1ccc(C)c(S(=O)(=O)N(CC(=O)NC2CCCCC2)Cc2ccco2)c1. The van der Waals surface area contributed by atoms with Gasteiger partial charge >= 0.3 is 0 Å². The van der Waals surface area contributed by atoms with Gasteiger partial charge in [-0.1, -0.05) is 31.4 Å². The number of carbonyl (C=O) groups is 1. The van der Waals surface area contributed by atoms with E-state index in [0.29, 0.717) is 11.3 Å². The standard InChI is InChI=1S/C21H28N2O4S/c1-16-10-11-17(2)20(13-16)28(25,26)23(14-19-9-6-12-27-19)15-21(24)22-18-7-4-3-5-8-18/h6,9-13,18H,3-5,7-8,14-15H2,1-2H3,(H,22,24). The molecule has 1 saturated carbocycles. The van der Waals surface area contributed by atoms with Gasteiger partial charge in [0, 0.05) is 6.04 Å². The summed E-state index contributed by atoms with van der Waals surface area (Å²) >= 11 is 0. The highest BCUT2D eigenvalue weighted by Gasteiger charge is 2.30. The van der Waals surface area contributed by atoms with Crippen LogP contribution < -0.4 is 5.32 Å². The van der Waals surface area contributed by atoms with Gasteiger partial charge in [0.1, 0.15) is 5.76 Å². The molecular weight excluding hydrogens is 376 g/mol. The number of rotatable bonds is 7. The molecule has 1 amide bonds. The highest BCUT2D eigenvalue weighted by Crippen LogP contribution is 2.23. The molecule has 1 aliphatic rings. The maximum absolute atomic E-state index is 13.4. The molecule has 1 aromatic heterocycles. The predicted molar refractivity (Wildman–Crippen MR) is 107 cm³/mol. The van der Waals surface area contributed by atoms with Crippen LogP contribution in [0.5, 0.6) is 0 Å². The van der Waals surface area contributed by atoms with Crippen molar-refractivity contribution in [3.63, 3.8) is 0 Å². The molecular formula is C21H28N2O4S. The minimum absolute atomic E-state index is 0.0147. The van der Waals surface area contributed by atoms with Crippen LogP contribution in [-0.4, -0.2) is 31.2 Å². The molecule has 0 spiro atoms. The lowest BCUT2D eigenvalue weighted by Crippen LogP contribution is -2.44. The van der Waals surface area contributed by atoms with Crippen molar-refractivity contribution in [3.8, 4) is 0 Å². The number of carbonyl (C=O) groups excluding carboxylic acids is 1. The summed E-state index contributed by atoms with van der Waals surface area (Å²) in [5, 5.41) is 3.00. The summed E-state index contributed by atoms with van der Waals surface area (Å²) in [5.41, 5.74) is 1.51. The van der Waals surface area contributed by atoms with E-state index in [9.17, 15) is 13.2 Å². The van der Waals surface area contributed by atoms with E-state index in [1.165, 1.54) is 17.0 Å². The number of nitrogens with zero attached hydrogens (tertiary/aromatic N) is 1. The Hall–Kier alpha value is -2.12. The molecule has 0 saturated heterocycles. The van der Waals surface area contributed by atoms with Crippen molar-refractivity contribution in [2.75, 3.05) is 6.54 Å². The number of hydrogen-bond donors (Lipinski definition) is 1. The predicted octanol–water partition coefficient (Wildman–Crippen LogP) is 3.54. The third kappa shape index (κ3) is 5.02. The third-order valence-corrected chi connectivity index (χ3v) is 7.10. The Bertz CT molecular complexity index is 900. The minimum Gasteiger partial charge on any atom is -0.468 e. The number of aryl methyl sites for hydroxylation is 2. The Morgan fingerprint density at radius 3 is 2.61 bits per heavy atom. The van der Waals surface area contributed by atoms with E-state index >= 15 is 0 Å². The van der Waals surface area contributed by atoms with Gasteiger partial charge < -0.3 is 9.73 Å². The number of amides is 1. The summed E-state index contributed by atoms with van der Waals surface area (Å²) in [6.07, 6.45) is 6.79. The lowest BCUT2D eigenvalue weighted by Gasteiger charge is -2.26. The van der Waals surface area contributed by atoms with E-state index in [0.717, 1.165) is 31.2 Å². The molecule has 0 unspecified atom stereocenters. The number of sulfonamides is 1. The minimum atomic E-state index is -3.85. The molecule has 0 bridgehead atoms. The molecule has 0 aliphatic heterocycles. The summed E-state index contributed by atoms with van der Waals surface area (Å²) in [6, 6.07) is 8.87. The van der Waals surface area contributed by atoms with Crippen LogP contribution in [0.25, 0.3) is 0 Å². The number of benzene rings is 1. The molecule has 0 radical (unpaired) electrons. The van der Waals surface area contributed by atoms with Crippen molar-refractivity contribution in [1.29, 1.82) is 0 Å². The van der Waals surface area contributed by atoms with Crippen LogP contribution in [0.15, 0.2) is 45.9 Å². The lowest BCUT2D eigenvalue weighted by molar-refractivity contribution is -0.122. The molecule has 1 heterocycles. The van der Waals surface area contributed by atoms with E-state index in [4.69, 9.17) is 4.42 Å². The molecule has 28 heavy (non-hydrogen) atoms. The normalized spacial score (nSPS) is 15.7. The smallest absolute Gasteiger partial charge is 0.244 e. The van der Waals surface area contributed by atoms with Gasteiger partial charge in [-0.15, -0.1) is 0 Å². The van der Waals surface area contributed by atoms with E-state index in [1.807, 2.05) is 13.0 Å².